The highest BCUT2D eigenvalue weighted by Gasteiger charge is 2.70. The molecule has 7 aliphatic carbocycles. The number of methoxy groups -OCH3 is 1. The van der Waals surface area contributed by atoms with E-state index in [4.69, 9.17) is 4.42 Å². The molecule has 10 rings (SSSR count). The van der Waals surface area contributed by atoms with Crippen LogP contribution in [0.2, 0.25) is 0 Å². The molecule has 11 heteroatoms. The van der Waals surface area contributed by atoms with Crippen molar-refractivity contribution in [1.82, 2.24) is 15.2 Å². The summed E-state index contributed by atoms with van der Waals surface area (Å²) in [6.45, 7) is 1.63. The van der Waals surface area contributed by atoms with Gasteiger partial charge in [0.05, 0.1) is 7.11 Å². The second-order valence-corrected chi connectivity index (χ2v) is 15.3. The van der Waals surface area contributed by atoms with Crippen molar-refractivity contribution < 1.29 is 28.3 Å². The maximum atomic E-state index is 13.7. The van der Waals surface area contributed by atoms with Crippen LogP contribution in [0.25, 0.3) is 11.0 Å². The zero-order valence-corrected chi connectivity index (χ0v) is 28.5. The Balaban J connectivity index is 0.972. The number of aromatic nitrogens is 1. The van der Waals surface area contributed by atoms with Gasteiger partial charge in [0, 0.05) is 28.8 Å². The van der Waals surface area contributed by atoms with Crippen molar-refractivity contribution in [3.8, 4) is 0 Å². The highest BCUT2D eigenvalue weighted by molar-refractivity contribution is 6.03. The maximum Gasteiger partial charge on any atom is 0.330 e. The fraction of sp³-hybridized carbons (Fsp3) is 0.513. The van der Waals surface area contributed by atoms with Gasteiger partial charge in [0.15, 0.2) is 5.76 Å². The Labute approximate surface area is 290 Å². The van der Waals surface area contributed by atoms with E-state index in [2.05, 4.69) is 20.7 Å². The molecule has 1 aromatic carbocycles. The van der Waals surface area contributed by atoms with Crippen molar-refractivity contribution in [2.75, 3.05) is 12.4 Å². The lowest BCUT2D eigenvalue weighted by atomic mass is 9.33. The molecule has 0 spiro atoms. The predicted molar refractivity (Wildman–Crippen MR) is 185 cm³/mol. The van der Waals surface area contributed by atoms with Gasteiger partial charge in [-0.15, -0.1) is 0 Å². The molecule has 7 saturated carbocycles. The first-order valence-corrected chi connectivity index (χ1v) is 18.0. The first-order chi connectivity index (χ1) is 24.1. The molecule has 0 aliphatic heterocycles. The van der Waals surface area contributed by atoms with Crippen LogP contribution in [0, 0.1) is 48.3 Å². The van der Waals surface area contributed by atoms with E-state index in [0.717, 1.165) is 35.5 Å². The van der Waals surface area contributed by atoms with Crippen LogP contribution in [0.4, 0.5) is 5.69 Å². The summed E-state index contributed by atoms with van der Waals surface area (Å²) in [4.78, 5) is 66.0. The minimum atomic E-state index is -1.07. The number of anilines is 1. The summed E-state index contributed by atoms with van der Waals surface area (Å²) in [7, 11) is 1.27. The Bertz CT molecular complexity index is 1940. The third kappa shape index (κ3) is 5.45. The predicted octanol–water partition coefficient (Wildman–Crippen LogP) is 4.73. The number of amides is 3. The topological polar surface area (TPSA) is 149 Å². The molecule has 9 atom stereocenters. The first-order valence-electron chi connectivity index (χ1n) is 18.0. The lowest BCUT2D eigenvalue weighted by Crippen LogP contribution is -2.76. The van der Waals surface area contributed by atoms with Crippen LogP contribution in [-0.4, -0.2) is 46.9 Å². The molecule has 3 aromatic rings. The van der Waals surface area contributed by atoms with Gasteiger partial charge in [-0.25, -0.2) is 4.79 Å². The summed E-state index contributed by atoms with van der Waals surface area (Å²) < 4.78 is 11.8. The highest BCUT2D eigenvalue weighted by atomic mass is 16.5. The van der Waals surface area contributed by atoms with Crippen LogP contribution in [0.5, 0.6) is 0 Å². The Kier molecular flexibility index (Phi) is 8.19. The number of benzene rings is 1. The first kappa shape index (κ1) is 32.5. The summed E-state index contributed by atoms with van der Waals surface area (Å²) >= 11 is 0. The SMILES string of the molecule is COC(=O)/C=C/CC[C@H](NC(=O)c1oc2ccccc2c1C)C(=O)Nc1cccn(CC(=O)NC23CC4CC5C6CC(CC52)C[C@@H]3C6C4)c1=O. The Morgan fingerprint density at radius 1 is 1.00 bits per heavy atom. The second-order valence-electron chi connectivity index (χ2n) is 15.3. The number of aryl methyl sites for hydroxylation is 1. The normalized spacial score (nSPS) is 30.5. The molecule has 3 N–H and O–H groups in total. The number of hydrogen-bond donors (Lipinski definition) is 3. The van der Waals surface area contributed by atoms with E-state index in [-0.39, 0.29) is 42.3 Å². The second kappa shape index (κ2) is 12.6. The molecule has 3 amide bonds. The minimum absolute atomic E-state index is 0.00123. The van der Waals surface area contributed by atoms with E-state index >= 15 is 0 Å². The molecule has 2 heterocycles. The molecule has 0 radical (unpaired) electrons. The Morgan fingerprint density at radius 2 is 1.74 bits per heavy atom. The van der Waals surface area contributed by atoms with Gasteiger partial charge < -0.3 is 29.7 Å². The lowest BCUT2D eigenvalue weighted by Gasteiger charge is -2.74. The number of nitrogens with zero attached hydrogens (tertiary/aromatic N) is 1. The van der Waals surface area contributed by atoms with E-state index in [1.807, 2.05) is 18.2 Å². The number of ether oxygens (including phenoxy) is 1. The molecular weight excluding hydrogens is 636 g/mol. The average Bonchev–Trinajstić information content (AvgIpc) is 3.45. The smallest absolute Gasteiger partial charge is 0.330 e. The zero-order valence-electron chi connectivity index (χ0n) is 28.5. The molecule has 7 unspecified atom stereocenters. The zero-order chi connectivity index (χ0) is 34.7. The number of pyridine rings is 1. The van der Waals surface area contributed by atoms with Gasteiger partial charge in [-0.1, -0.05) is 24.3 Å². The number of carbonyl (C=O) groups is 4. The van der Waals surface area contributed by atoms with Crippen molar-refractivity contribution in [2.45, 2.75) is 76.4 Å². The summed E-state index contributed by atoms with van der Waals surface area (Å²) in [6, 6.07) is 9.32. The number of hydrogen-bond acceptors (Lipinski definition) is 7. The molecule has 11 nitrogen and oxygen atoms in total. The van der Waals surface area contributed by atoms with Crippen LogP contribution < -0.4 is 21.5 Å². The fourth-order valence-electron chi connectivity index (χ4n) is 11.0. The van der Waals surface area contributed by atoms with Gasteiger partial charge in [0.1, 0.15) is 23.9 Å². The van der Waals surface area contributed by atoms with Crippen LogP contribution in [0.15, 0.2) is 64.0 Å². The Morgan fingerprint density at radius 3 is 2.48 bits per heavy atom. The van der Waals surface area contributed by atoms with Crippen LogP contribution in [0.3, 0.4) is 0 Å². The largest absolute Gasteiger partial charge is 0.466 e. The molecule has 8 bridgehead atoms. The summed E-state index contributed by atoms with van der Waals surface area (Å²) in [5.41, 5.74) is 0.533. The van der Waals surface area contributed by atoms with Crippen molar-refractivity contribution in [3.63, 3.8) is 0 Å². The number of carbonyl (C=O) groups excluding carboxylic acids is 4. The van der Waals surface area contributed by atoms with Crippen LogP contribution in [-0.2, 0) is 25.7 Å². The fourth-order valence-corrected chi connectivity index (χ4v) is 11.0. The van der Waals surface area contributed by atoms with Crippen molar-refractivity contribution in [1.29, 1.82) is 0 Å². The molecule has 2 aromatic heterocycles. The lowest BCUT2D eigenvalue weighted by molar-refractivity contribution is -0.225. The van der Waals surface area contributed by atoms with Gasteiger partial charge in [0.2, 0.25) is 11.8 Å². The van der Waals surface area contributed by atoms with Crippen molar-refractivity contribution in [3.05, 3.63) is 76.4 Å². The standard InChI is InChI=1S/C39H44N4O7/c1-21-24-8-3-5-11-32(24)50-35(21)37(47)40-30(9-4-6-12-34(45)49-2)36(46)41-31-10-7-13-43(38(31)48)20-33(44)42-39-19-23-15-26-25-14-22(17-28(26)39)18-29(39)27(25)16-23/h3,5-8,10-13,22-23,25-30H,4,9,14-20H2,1-2H3,(H,40,47)(H,41,46)(H,42,44)/b12-6+/t22?,23?,25?,26?,27?,28-,29?,30+,39?/m1/s1. The van der Waals surface area contributed by atoms with E-state index in [0.29, 0.717) is 28.9 Å². The third-order valence-electron chi connectivity index (χ3n) is 12.8. The molecule has 7 aliphatic rings. The van der Waals surface area contributed by atoms with E-state index in [9.17, 15) is 24.0 Å². The van der Waals surface area contributed by atoms with Gasteiger partial charge in [-0.05, 0) is 118 Å². The molecule has 50 heavy (non-hydrogen) atoms. The van der Waals surface area contributed by atoms with Crippen LogP contribution >= 0.6 is 0 Å². The van der Waals surface area contributed by atoms with Gasteiger partial charge >= 0.3 is 5.97 Å². The number of esters is 1. The monoisotopic (exact) mass is 680 g/mol. The highest BCUT2D eigenvalue weighted by Crippen LogP contribution is 2.72. The Hall–Kier alpha value is -4.67. The average molecular weight is 681 g/mol. The number of para-hydroxylation sites is 1. The maximum absolute atomic E-state index is 13.7. The van der Waals surface area contributed by atoms with Crippen molar-refractivity contribution >= 4 is 40.3 Å². The third-order valence-corrected chi connectivity index (χ3v) is 12.8. The van der Waals surface area contributed by atoms with E-state index in [1.165, 1.54) is 55.9 Å². The van der Waals surface area contributed by atoms with E-state index in [1.54, 1.807) is 31.3 Å². The number of fused-ring (bicyclic) bond motifs is 1. The van der Waals surface area contributed by atoms with Gasteiger partial charge in [0.25, 0.3) is 11.5 Å². The minimum Gasteiger partial charge on any atom is -0.466 e. The van der Waals surface area contributed by atoms with E-state index < -0.39 is 29.4 Å². The quantitative estimate of drug-likeness (QED) is 0.196. The molecule has 262 valence electrons. The summed E-state index contributed by atoms with van der Waals surface area (Å²) in [6.07, 6.45) is 12.2. The number of allylic oxidation sites excluding steroid dienone is 1. The number of rotatable bonds is 11. The molecular formula is C39H44N4O7. The van der Waals surface area contributed by atoms with Crippen LogP contribution in [0.1, 0.15) is 67.5 Å². The van der Waals surface area contributed by atoms with Crippen molar-refractivity contribution in [2.24, 2.45) is 41.4 Å². The molecule has 0 saturated heterocycles. The number of furan rings is 1. The number of nitrogens with one attached hydrogen (secondary N) is 3. The van der Waals surface area contributed by atoms with Gasteiger partial charge in [-0.3, -0.25) is 19.2 Å². The molecule has 7 fully saturated rings. The summed E-state index contributed by atoms with van der Waals surface area (Å²) in [5, 5.41) is 9.76. The summed E-state index contributed by atoms with van der Waals surface area (Å²) in [5.74, 6) is 3.05. The van der Waals surface area contributed by atoms with Gasteiger partial charge in [-0.2, -0.15) is 0 Å².